The topological polar surface area (TPSA) is 99.4 Å². The average Bonchev–Trinajstić information content (AvgIpc) is 3.44. The predicted octanol–water partition coefficient (Wildman–Crippen LogP) is 3.33. The first-order chi connectivity index (χ1) is 15.1. The summed E-state index contributed by atoms with van der Waals surface area (Å²) in [6.07, 6.45) is 8.28. The molecule has 8 heteroatoms. The molecule has 0 spiro atoms. The van der Waals surface area contributed by atoms with Gasteiger partial charge in [0.25, 0.3) is 0 Å². The molecule has 31 heavy (non-hydrogen) atoms. The second-order valence-electron chi connectivity index (χ2n) is 8.72. The van der Waals surface area contributed by atoms with E-state index in [1.54, 1.807) is 0 Å². The first-order valence-electron chi connectivity index (χ1n) is 11.3. The third-order valence-corrected chi connectivity index (χ3v) is 6.21. The number of nitrogens with one attached hydrogen (secondary N) is 1. The molecule has 2 aliphatic rings. The van der Waals surface area contributed by atoms with Crippen LogP contribution in [0.2, 0.25) is 0 Å². The number of aromatic nitrogens is 3. The summed E-state index contributed by atoms with van der Waals surface area (Å²) < 4.78 is 16.5. The van der Waals surface area contributed by atoms with Crippen LogP contribution in [0.25, 0.3) is 11.3 Å². The minimum atomic E-state index is -0.0467. The molecule has 1 N–H and O–H groups in total. The lowest BCUT2D eigenvalue weighted by molar-refractivity contribution is -0.127. The van der Waals surface area contributed by atoms with Crippen molar-refractivity contribution >= 4 is 5.91 Å². The lowest BCUT2D eigenvalue weighted by Crippen LogP contribution is -2.34. The van der Waals surface area contributed by atoms with Crippen LogP contribution in [-0.2, 0) is 14.3 Å². The first kappa shape index (κ1) is 21.9. The number of nitrogens with zero attached hydrogens (tertiary/aromatic N) is 3. The van der Waals surface area contributed by atoms with Crippen molar-refractivity contribution < 1.29 is 18.8 Å². The minimum absolute atomic E-state index is 0.0467. The van der Waals surface area contributed by atoms with Crippen LogP contribution in [0.15, 0.2) is 16.8 Å². The number of hydrogen-bond acceptors (Lipinski definition) is 7. The van der Waals surface area contributed by atoms with Crippen LogP contribution >= 0.6 is 0 Å². The molecule has 0 bridgehead atoms. The van der Waals surface area contributed by atoms with Crippen LogP contribution in [0.3, 0.4) is 0 Å². The zero-order chi connectivity index (χ0) is 21.6. The van der Waals surface area contributed by atoms with Crippen molar-refractivity contribution in [2.24, 2.45) is 5.92 Å². The van der Waals surface area contributed by atoms with Gasteiger partial charge in [-0.25, -0.2) is 9.97 Å². The Kier molecular flexibility index (Phi) is 7.29. The second kappa shape index (κ2) is 10.3. The molecule has 4 rings (SSSR count). The molecule has 3 heterocycles. The Labute approximate surface area is 183 Å². The van der Waals surface area contributed by atoms with E-state index in [9.17, 15) is 4.79 Å². The number of ether oxygens (including phenoxy) is 2. The third kappa shape index (κ3) is 5.89. The van der Waals surface area contributed by atoms with Gasteiger partial charge in [0.1, 0.15) is 12.4 Å². The number of aryl methyl sites for hydroxylation is 2. The molecule has 1 aliphatic heterocycles. The van der Waals surface area contributed by atoms with E-state index in [0.717, 1.165) is 73.7 Å². The van der Waals surface area contributed by atoms with E-state index in [1.807, 2.05) is 26.1 Å². The molecule has 1 amide bonds. The largest absolute Gasteiger partial charge is 0.376 e. The van der Waals surface area contributed by atoms with Gasteiger partial charge in [-0.2, -0.15) is 0 Å². The van der Waals surface area contributed by atoms with Crippen LogP contribution < -0.4 is 5.32 Å². The fourth-order valence-corrected chi connectivity index (χ4v) is 4.49. The quantitative estimate of drug-likeness (QED) is 0.688. The van der Waals surface area contributed by atoms with E-state index in [4.69, 9.17) is 19.0 Å². The van der Waals surface area contributed by atoms with Gasteiger partial charge in [-0.3, -0.25) is 4.79 Å². The molecule has 0 aromatic carbocycles. The van der Waals surface area contributed by atoms with Gasteiger partial charge in [-0.1, -0.05) is 5.16 Å². The van der Waals surface area contributed by atoms with Crippen molar-refractivity contribution in [2.45, 2.75) is 64.4 Å². The fraction of sp³-hybridized carbons (Fsp3) is 0.652. The highest BCUT2D eigenvalue weighted by atomic mass is 16.5. The maximum Gasteiger partial charge on any atom is 0.246 e. The van der Waals surface area contributed by atoms with E-state index in [2.05, 4.69) is 15.5 Å². The van der Waals surface area contributed by atoms with Gasteiger partial charge in [-0.05, 0) is 58.3 Å². The van der Waals surface area contributed by atoms with E-state index < -0.39 is 0 Å². The molecular weight excluding hydrogens is 396 g/mol. The highest BCUT2D eigenvalue weighted by Crippen LogP contribution is 2.38. The van der Waals surface area contributed by atoms with Crippen molar-refractivity contribution in [3.8, 4) is 11.3 Å². The summed E-state index contributed by atoms with van der Waals surface area (Å²) in [6.45, 7) is 5.94. The normalized spacial score (nSPS) is 23.7. The van der Waals surface area contributed by atoms with E-state index in [0.29, 0.717) is 25.0 Å². The highest BCUT2D eigenvalue weighted by molar-refractivity contribution is 5.77. The summed E-state index contributed by atoms with van der Waals surface area (Å²) in [4.78, 5) is 21.2. The maximum absolute atomic E-state index is 12.1. The van der Waals surface area contributed by atoms with Gasteiger partial charge < -0.3 is 19.3 Å². The molecule has 2 fully saturated rings. The third-order valence-electron chi connectivity index (χ3n) is 6.21. The van der Waals surface area contributed by atoms with Crippen LogP contribution in [0.1, 0.15) is 61.7 Å². The molecule has 2 aromatic heterocycles. The first-order valence-corrected chi connectivity index (χ1v) is 11.3. The molecule has 168 valence electrons. The summed E-state index contributed by atoms with van der Waals surface area (Å²) in [6, 6.07) is 1.93. The summed E-state index contributed by atoms with van der Waals surface area (Å²) in [5.74, 6) is 2.30. The Morgan fingerprint density at radius 2 is 2.06 bits per heavy atom. The number of rotatable bonds is 8. The fourth-order valence-electron chi connectivity index (χ4n) is 4.49. The Morgan fingerprint density at radius 3 is 2.77 bits per heavy atom. The SMILES string of the molecule is Cc1cc(-c2cnc(C)nc2C2CCC(CNC(=O)COC[C@H]3CCCO3)CC2)on1. The average molecular weight is 429 g/mol. The standard InChI is InChI=1S/C23H32N4O4/c1-15-10-21(31-27-15)20-12-24-16(2)26-23(20)18-7-5-17(6-8-18)11-25-22(28)14-29-13-19-4-3-9-30-19/h10,12,17-19H,3-9,11,13-14H2,1-2H3,(H,25,28)/t17?,18?,19-/m1/s1. The monoisotopic (exact) mass is 428 g/mol. The summed E-state index contributed by atoms with van der Waals surface area (Å²) in [5.41, 5.74) is 2.83. The van der Waals surface area contributed by atoms with Crippen LogP contribution in [-0.4, -0.2) is 53.5 Å². The molecule has 0 radical (unpaired) electrons. The highest BCUT2D eigenvalue weighted by Gasteiger charge is 2.27. The number of carbonyl (C=O) groups is 1. The molecule has 0 unspecified atom stereocenters. The van der Waals surface area contributed by atoms with Gasteiger partial charge in [0.05, 0.1) is 29.7 Å². The molecule has 1 aliphatic carbocycles. The zero-order valence-corrected chi connectivity index (χ0v) is 18.4. The number of amides is 1. The molecule has 1 atom stereocenters. The molecule has 1 saturated heterocycles. The summed E-state index contributed by atoms with van der Waals surface area (Å²) in [7, 11) is 0. The lowest BCUT2D eigenvalue weighted by Gasteiger charge is -2.29. The second-order valence-corrected chi connectivity index (χ2v) is 8.72. The zero-order valence-electron chi connectivity index (χ0n) is 18.4. The Balaban J connectivity index is 1.24. The maximum atomic E-state index is 12.1. The molecule has 8 nitrogen and oxygen atoms in total. The van der Waals surface area contributed by atoms with Gasteiger partial charge in [0, 0.05) is 31.3 Å². The molecule has 1 saturated carbocycles. The van der Waals surface area contributed by atoms with Crippen molar-refractivity contribution in [3.63, 3.8) is 0 Å². The van der Waals surface area contributed by atoms with Gasteiger partial charge in [0.2, 0.25) is 5.91 Å². The van der Waals surface area contributed by atoms with Crippen molar-refractivity contribution in [1.29, 1.82) is 0 Å². The van der Waals surface area contributed by atoms with Gasteiger partial charge >= 0.3 is 0 Å². The molecule has 2 aromatic rings. The van der Waals surface area contributed by atoms with Gasteiger partial charge in [0.15, 0.2) is 5.76 Å². The predicted molar refractivity (Wildman–Crippen MR) is 115 cm³/mol. The van der Waals surface area contributed by atoms with Crippen LogP contribution in [0.4, 0.5) is 0 Å². The Bertz CT molecular complexity index is 870. The van der Waals surface area contributed by atoms with Crippen molar-refractivity contribution in [3.05, 3.63) is 29.5 Å². The van der Waals surface area contributed by atoms with Crippen LogP contribution in [0, 0.1) is 19.8 Å². The van der Waals surface area contributed by atoms with Crippen molar-refractivity contribution in [2.75, 3.05) is 26.4 Å². The smallest absolute Gasteiger partial charge is 0.246 e. The number of carbonyl (C=O) groups excluding carboxylic acids is 1. The summed E-state index contributed by atoms with van der Waals surface area (Å²) >= 11 is 0. The Hall–Kier alpha value is -2.32. The Morgan fingerprint density at radius 1 is 1.23 bits per heavy atom. The molecular formula is C23H32N4O4. The van der Waals surface area contributed by atoms with Crippen molar-refractivity contribution in [1.82, 2.24) is 20.4 Å². The van der Waals surface area contributed by atoms with E-state index in [1.165, 1.54) is 0 Å². The minimum Gasteiger partial charge on any atom is -0.376 e. The lowest BCUT2D eigenvalue weighted by atomic mass is 9.79. The number of hydrogen-bond donors (Lipinski definition) is 1. The van der Waals surface area contributed by atoms with E-state index in [-0.39, 0.29) is 18.6 Å². The van der Waals surface area contributed by atoms with Gasteiger partial charge in [-0.15, -0.1) is 0 Å². The van der Waals surface area contributed by atoms with Crippen LogP contribution in [0.5, 0.6) is 0 Å². The van der Waals surface area contributed by atoms with E-state index >= 15 is 0 Å². The summed E-state index contributed by atoms with van der Waals surface area (Å²) in [5, 5.41) is 7.04.